The Kier molecular flexibility index (Phi) is 14.6. The Bertz CT molecular complexity index is 1500. The van der Waals surface area contributed by atoms with Gasteiger partial charge in [0, 0.05) is 25.0 Å². The number of aromatic nitrogens is 4. The maximum Gasteiger partial charge on any atom is 0.282 e. The molecular weight excluding hydrogens is 583 g/mol. The van der Waals surface area contributed by atoms with Crippen LogP contribution in [0.4, 0.5) is 11.6 Å². The second-order valence-electron chi connectivity index (χ2n) is 8.98. The zero-order chi connectivity index (χ0) is 31.9. The van der Waals surface area contributed by atoms with Crippen LogP contribution in [-0.2, 0) is 4.84 Å². The van der Waals surface area contributed by atoms with Gasteiger partial charge in [0.15, 0.2) is 16.1 Å². The lowest BCUT2D eigenvalue weighted by atomic mass is 10.0. The number of nitrogen functional groups attached to an aromatic ring is 2. The first-order valence-electron chi connectivity index (χ1n) is 13.5. The molecule has 0 radical (unpaired) electrons. The van der Waals surface area contributed by atoms with E-state index >= 15 is 0 Å². The SMILES string of the molecule is CCSc1ncc(C(=O)N(C)OC)c(N)n1.CCSc1ncc(C(=O)c2ccccc2C)c(N)n1.Cc1ccccc1C. The Balaban J connectivity index is 0.000000243. The zero-order valence-electron chi connectivity index (χ0n) is 25.6. The standard InChI is InChI=1S/C14H15N3OS.C9H14N4O2S.C8H10/c1-3-19-14-16-8-11(13(15)17-14)12(18)10-7-5-4-6-9(10)2;1-4-16-9-11-5-6(7(10)12-9)8(14)13(2)15-3;1-7-5-3-4-6-8(7)2/h4-8H,3H2,1-2H3,(H2,15,16,17);5H,4H2,1-3H3,(H2,10,11,12);3-6H,1-2H3. The van der Waals surface area contributed by atoms with Gasteiger partial charge in [-0.15, -0.1) is 0 Å². The van der Waals surface area contributed by atoms with E-state index in [9.17, 15) is 9.59 Å². The molecule has 0 bridgehead atoms. The molecule has 0 aliphatic rings. The van der Waals surface area contributed by atoms with Gasteiger partial charge in [0.1, 0.15) is 17.2 Å². The minimum Gasteiger partial charge on any atom is -0.383 e. The minimum absolute atomic E-state index is 0.136. The van der Waals surface area contributed by atoms with Crippen LogP contribution in [0.1, 0.15) is 56.8 Å². The number of rotatable bonds is 8. The first-order chi connectivity index (χ1) is 20.5. The normalized spacial score (nSPS) is 10.1. The van der Waals surface area contributed by atoms with Crippen LogP contribution in [0.5, 0.6) is 0 Å². The van der Waals surface area contributed by atoms with Gasteiger partial charge in [0.25, 0.3) is 5.91 Å². The molecule has 2 heterocycles. The third-order valence-corrected chi connectivity index (χ3v) is 7.48. The van der Waals surface area contributed by atoms with Crippen molar-refractivity contribution in [1.82, 2.24) is 25.0 Å². The Hall–Kier alpha value is -4.00. The molecule has 1 amide bonds. The molecular formula is C31H39N7O3S2. The number of nitrogens with zero attached hydrogens (tertiary/aromatic N) is 5. The van der Waals surface area contributed by atoms with E-state index < -0.39 is 0 Å². The van der Waals surface area contributed by atoms with E-state index in [-0.39, 0.29) is 28.9 Å². The summed E-state index contributed by atoms with van der Waals surface area (Å²) in [7, 11) is 2.90. The van der Waals surface area contributed by atoms with Crippen molar-refractivity contribution in [3.05, 3.63) is 94.3 Å². The number of nitrogens with two attached hydrogens (primary N) is 2. The largest absolute Gasteiger partial charge is 0.383 e. The third kappa shape index (κ3) is 10.7. The second-order valence-corrected chi connectivity index (χ2v) is 11.4. The second kappa shape index (κ2) is 17.8. The number of ketones is 1. The lowest BCUT2D eigenvalue weighted by Gasteiger charge is -2.14. The van der Waals surface area contributed by atoms with Crippen molar-refractivity contribution >= 4 is 46.8 Å². The lowest BCUT2D eigenvalue weighted by molar-refractivity contribution is -0.0756. The number of hydrogen-bond donors (Lipinski definition) is 2. The van der Waals surface area contributed by atoms with Gasteiger partial charge in [-0.1, -0.05) is 85.9 Å². The maximum atomic E-state index is 12.4. The molecule has 0 saturated carbocycles. The number of carbonyl (C=O) groups is 2. The molecule has 43 heavy (non-hydrogen) atoms. The van der Waals surface area contributed by atoms with E-state index in [1.807, 2.05) is 39.0 Å². The van der Waals surface area contributed by atoms with Gasteiger partial charge in [0.2, 0.25) is 0 Å². The van der Waals surface area contributed by atoms with Gasteiger partial charge in [-0.3, -0.25) is 14.4 Å². The summed E-state index contributed by atoms with van der Waals surface area (Å²) in [5, 5.41) is 2.24. The van der Waals surface area contributed by atoms with Gasteiger partial charge >= 0.3 is 0 Å². The highest BCUT2D eigenvalue weighted by atomic mass is 32.2. The summed E-state index contributed by atoms with van der Waals surface area (Å²) in [4.78, 5) is 45.2. The first-order valence-corrected chi connectivity index (χ1v) is 15.5. The van der Waals surface area contributed by atoms with E-state index in [1.54, 1.807) is 6.07 Å². The van der Waals surface area contributed by atoms with Crippen LogP contribution in [-0.4, -0.2) is 62.4 Å². The molecule has 2 aromatic carbocycles. The fraction of sp³-hybridized carbons (Fsp3) is 0.290. The highest BCUT2D eigenvalue weighted by Gasteiger charge is 2.17. The van der Waals surface area contributed by atoms with Crippen LogP contribution in [0.15, 0.2) is 71.2 Å². The fourth-order valence-corrected chi connectivity index (χ4v) is 4.48. The molecule has 0 saturated heterocycles. The van der Waals surface area contributed by atoms with Crippen molar-refractivity contribution in [3.63, 3.8) is 0 Å². The number of thioether (sulfide) groups is 2. The van der Waals surface area contributed by atoms with Crippen LogP contribution >= 0.6 is 23.5 Å². The van der Waals surface area contributed by atoms with E-state index in [4.69, 9.17) is 16.3 Å². The number of aryl methyl sites for hydroxylation is 3. The van der Waals surface area contributed by atoms with Crippen molar-refractivity contribution in [1.29, 1.82) is 0 Å². The van der Waals surface area contributed by atoms with Crippen LogP contribution in [0.2, 0.25) is 0 Å². The van der Waals surface area contributed by atoms with Gasteiger partial charge in [-0.2, -0.15) is 0 Å². The molecule has 0 unspecified atom stereocenters. The first kappa shape index (κ1) is 35.2. The minimum atomic E-state index is -0.368. The van der Waals surface area contributed by atoms with Crippen LogP contribution < -0.4 is 11.5 Å². The molecule has 2 aromatic heterocycles. The van der Waals surface area contributed by atoms with E-state index in [0.29, 0.717) is 21.4 Å². The molecule has 0 fully saturated rings. The average molecular weight is 622 g/mol. The summed E-state index contributed by atoms with van der Waals surface area (Å²) in [6.45, 7) is 10.1. The van der Waals surface area contributed by atoms with Gasteiger partial charge in [0.05, 0.1) is 12.7 Å². The highest BCUT2D eigenvalue weighted by molar-refractivity contribution is 7.99. The lowest BCUT2D eigenvalue weighted by Crippen LogP contribution is -2.26. The number of hydrogen-bond acceptors (Lipinski definition) is 11. The summed E-state index contributed by atoms with van der Waals surface area (Å²) in [5.74, 6) is 1.62. The number of amides is 1. The van der Waals surface area contributed by atoms with Crippen molar-refractivity contribution in [2.24, 2.45) is 0 Å². The topological polar surface area (TPSA) is 150 Å². The molecule has 12 heteroatoms. The summed E-state index contributed by atoms with van der Waals surface area (Å²) in [6.07, 6.45) is 2.92. The number of hydroxylamine groups is 2. The average Bonchev–Trinajstić information content (AvgIpc) is 2.99. The quantitative estimate of drug-likeness (QED) is 0.106. The molecule has 0 aliphatic carbocycles. The van der Waals surface area contributed by atoms with Gasteiger partial charge in [-0.25, -0.2) is 25.0 Å². The summed E-state index contributed by atoms with van der Waals surface area (Å²) >= 11 is 2.96. The molecule has 0 atom stereocenters. The van der Waals surface area contributed by atoms with Crippen molar-refractivity contribution in [2.45, 2.75) is 44.9 Å². The highest BCUT2D eigenvalue weighted by Crippen LogP contribution is 2.20. The van der Waals surface area contributed by atoms with Crippen molar-refractivity contribution < 1.29 is 14.4 Å². The summed E-state index contributed by atoms with van der Waals surface area (Å²) in [5.41, 5.74) is 16.4. The molecule has 0 aliphatic heterocycles. The predicted molar refractivity (Wildman–Crippen MR) is 175 cm³/mol. The Morgan fingerprint density at radius 3 is 1.58 bits per heavy atom. The molecule has 4 aromatic rings. The number of carbonyl (C=O) groups excluding carboxylic acids is 2. The smallest absolute Gasteiger partial charge is 0.282 e. The Morgan fingerprint density at radius 2 is 1.19 bits per heavy atom. The maximum absolute atomic E-state index is 12.4. The molecule has 228 valence electrons. The van der Waals surface area contributed by atoms with Crippen LogP contribution in [0, 0.1) is 20.8 Å². The molecule has 0 spiro atoms. The number of benzene rings is 2. The molecule has 4 rings (SSSR count). The van der Waals surface area contributed by atoms with Crippen molar-refractivity contribution in [2.75, 3.05) is 37.1 Å². The predicted octanol–water partition coefficient (Wildman–Crippen LogP) is 5.82. The Labute approximate surface area is 262 Å². The van der Waals surface area contributed by atoms with E-state index in [0.717, 1.165) is 22.1 Å². The fourth-order valence-electron chi connectivity index (χ4n) is 3.38. The van der Waals surface area contributed by atoms with Gasteiger partial charge < -0.3 is 11.5 Å². The van der Waals surface area contributed by atoms with Crippen LogP contribution in [0.3, 0.4) is 0 Å². The monoisotopic (exact) mass is 621 g/mol. The summed E-state index contributed by atoms with van der Waals surface area (Å²) < 4.78 is 0. The Morgan fingerprint density at radius 1 is 0.744 bits per heavy atom. The zero-order valence-corrected chi connectivity index (χ0v) is 27.3. The molecule has 4 N–H and O–H groups in total. The third-order valence-electron chi connectivity index (χ3n) is 5.99. The summed E-state index contributed by atoms with van der Waals surface area (Å²) in [6, 6.07) is 15.8. The van der Waals surface area contributed by atoms with E-state index in [1.165, 1.54) is 61.2 Å². The van der Waals surface area contributed by atoms with Crippen molar-refractivity contribution in [3.8, 4) is 0 Å². The van der Waals surface area contributed by atoms with Gasteiger partial charge in [-0.05, 0) is 49.0 Å². The van der Waals surface area contributed by atoms with Crippen LogP contribution in [0.25, 0.3) is 0 Å². The number of anilines is 2. The van der Waals surface area contributed by atoms with E-state index in [2.05, 4.69) is 58.0 Å². The molecule has 10 nitrogen and oxygen atoms in total.